The van der Waals surface area contributed by atoms with Crippen LogP contribution >= 0.6 is 38.5 Å². The van der Waals surface area contributed by atoms with Crippen molar-refractivity contribution in [2.75, 3.05) is 12.0 Å². The largest absolute Gasteiger partial charge is 0.508 e. The monoisotopic (exact) mass is 648 g/mol. The van der Waals surface area contributed by atoms with Gasteiger partial charge in [-0.1, -0.05) is 28.1 Å². The highest BCUT2D eigenvalue weighted by molar-refractivity contribution is 14.1. The second-order valence-corrected chi connectivity index (χ2v) is 9.50. The van der Waals surface area contributed by atoms with Crippen LogP contribution in [0.5, 0.6) is 17.2 Å². The van der Waals surface area contributed by atoms with Gasteiger partial charge in [0.05, 0.1) is 16.4 Å². The van der Waals surface area contributed by atoms with Crippen molar-refractivity contribution >= 4 is 68.1 Å². The average molecular weight is 649 g/mol. The first kappa shape index (κ1) is 24.7. The lowest BCUT2D eigenvalue weighted by molar-refractivity contribution is -0.122. The number of carbonyl (C=O) groups is 3. The van der Waals surface area contributed by atoms with Crippen LogP contribution in [0.4, 0.5) is 10.5 Å². The molecule has 0 bridgehead atoms. The Bertz CT molecular complexity index is 1340. The molecule has 0 aromatic heterocycles. The first-order chi connectivity index (χ1) is 16.8. The highest BCUT2D eigenvalue weighted by Crippen LogP contribution is 2.35. The number of urea groups is 1. The van der Waals surface area contributed by atoms with E-state index in [4.69, 9.17) is 9.47 Å². The van der Waals surface area contributed by atoms with Crippen molar-refractivity contribution in [3.8, 4) is 17.2 Å². The molecule has 4 rings (SSSR count). The maximum Gasteiger partial charge on any atom is 0.335 e. The van der Waals surface area contributed by atoms with Crippen LogP contribution in [-0.4, -0.2) is 30.1 Å². The summed E-state index contributed by atoms with van der Waals surface area (Å²) in [5.41, 5.74) is 1.48. The van der Waals surface area contributed by atoms with E-state index in [1.165, 1.54) is 37.5 Å². The molecule has 10 heteroatoms. The molecule has 1 fully saturated rings. The predicted molar refractivity (Wildman–Crippen MR) is 141 cm³/mol. The fraction of sp³-hybridized carbons (Fsp3) is 0.0800. The fourth-order valence-corrected chi connectivity index (χ4v) is 4.41. The first-order valence-corrected chi connectivity index (χ1v) is 12.1. The topological polar surface area (TPSA) is 105 Å². The molecule has 3 aromatic carbocycles. The molecule has 4 amide bonds. The van der Waals surface area contributed by atoms with Crippen molar-refractivity contribution in [3.63, 3.8) is 0 Å². The van der Waals surface area contributed by atoms with E-state index in [1.807, 2.05) is 24.3 Å². The standard InChI is InChI=1S/C25H18BrIN2O6/c1-34-21-12-15(11-20(27)22(21)35-13-14-2-4-16(26)5-3-14)10-19-23(31)28-25(33)29(24(19)32)17-6-8-18(30)9-7-17/h2-12,30H,13H2,1H3,(H,28,31,33)/b19-10+. The van der Waals surface area contributed by atoms with Crippen LogP contribution in [-0.2, 0) is 16.2 Å². The zero-order valence-electron chi connectivity index (χ0n) is 18.2. The lowest BCUT2D eigenvalue weighted by Crippen LogP contribution is -2.54. The quantitative estimate of drug-likeness (QED) is 0.221. The number of phenolic OH excluding ortho intramolecular Hbond substituents is 1. The van der Waals surface area contributed by atoms with Gasteiger partial charge in [-0.3, -0.25) is 14.9 Å². The predicted octanol–water partition coefficient (Wildman–Crippen LogP) is 5.01. The number of amides is 4. The van der Waals surface area contributed by atoms with E-state index in [0.717, 1.165) is 14.9 Å². The van der Waals surface area contributed by atoms with Gasteiger partial charge in [0.25, 0.3) is 11.8 Å². The highest BCUT2D eigenvalue weighted by atomic mass is 127. The van der Waals surface area contributed by atoms with Crippen molar-refractivity contribution < 1.29 is 29.0 Å². The first-order valence-electron chi connectivity index (χ1n) is 10.2. The minimum atomic E-state index is -0.869. The number of halogens is 2. The van der Waals surface area contributed by atoms with Crippen molar-refractivity contribution in [3.05, 3.63) is 85.4 Å². The molecule has 8 nitrogen and oxygen atoms in total. The number of benzene rings is 3. The molecule has 1 heterocycles. The van der Waals surface area contributed by atoms with Crippen LogP contribution in [0.2, 0.25) is 0 Å². The molecule has 35 heavy (non-hydrogen) atoms. The molecule has 0 unspecified atom stereocenters. The summed E-state index contributed by atoms with van der Waals surface area (Å²) < 4.78 is 13.2. The second kappa shape index (κ2) is 10.5. The second-order valence-electron chi connectivity index (χ2n) is 7.42. The summed E-state index contributed by atoms with van der Waals surface area (Å²) >= 11 is 5.50. The van der Waals surface area contributed by atoms with Crippen LogP contribution in [0.15, 0.2) is 70.7 Å². The normalized spacial score (nSPS) is 14.8. The van der Waals surface area contributed by atoms with Gasteiger partial charge in [-0.2, -0.15) is 0 Å². The Morgan fingerprint density at radius 2 is 1.74 bits per heavy atom. The van der Waals surface area contributed by atoms with Gasteiger partial charge in [-0.15, -0.1) is 0 Å². The average Bonchev–Trinajstić information content (AvgIpc) is 2.83. The Morgan fingerprint density at radius 3 is 2.40 bits per heavy atom. The van der Waals surface area contributed by atoms with Crippen molar-refractivity contribution in [1.29, 1.82) is 0 Å². The Labute approximate surface area is 222 Å². The zero-order chi connectivity index (χ0) is 25.1. The van der Waals surface area contributed by atoms with Crippen LogP contribution in [0.3, 0.4) is 0 Å². The summed E-state index contributed by atoms with van der Waals surface area (Å²) in [6, 6.07) is 15.8. The Balaban J connectivity index is 1.63. The molecule has 0 saturated carbocycles. The maximum atomic E-state index is 13.1. The summed E-state index contributed by atoms with van der Waals surface area (Å²) in [6.07, 6.45) is 1.39. The molecule has 3 aromatic rings. The molecular weight excluding hydrogens is 631 g/mol. The number of ether oxygens (including phenoxy) is 2. The van der Waals surface area contributed by atoms with Gasteiger partial charge in [0.2, 0.25) is 0 Å². The van der Waals surface area contributed by atoms with E-state index in [1.54, 1.807) is 12.1 Å². The summed E-state index contributed by atoms with van der Waals surface area (Å²) in [7, 11) is 1.50. The minimum absolute atomic E-state index is 0.0189. The molecule has 1 saturated heterocycles. The Hall–Kier alpha value is -3.38. The molecule has 0 spiro atoms. The van der Waals surface area contributed by atoms with E-state index in [0.29, 0.717) is 27.2 Å². The third kappa shape index (κ3) is 5.49. The van der Waals surface area contributed by atoms with E-state index in [-0.39, 0.29) is 17.0 Å². The minimum Gasteiger partial charge on any atom is -0.508 e. The van der Waals surface area contributed by atoms with Crippen molar-refractivity contribution in [2.45, 2.75) is 6.61 Å². The number of phenols is 1. The van der Waals surface area contributed by atoms with Gasteiger partial charge in [0.15, 0.2) is 11.5 Å². The summed E-state index contributed by atoms with van der Waals surface area (Å²) in [6.45, 7) is 0.324. The van der Waals surface area contributed by atoms with E-state index < -0.39 is 17.8 Å². The van der Waals surface area contributed by atoms with Gasteiger partial charge in [-0.25, -0.2) is 9.69 Å². The highest BCUT2D eigenvalue weighted by Gasteiger charge is 2.36. The smallest absolute Gasteiger partial charge is 0.335 e. The Kier molecular flexibility index (Phi) is 7.41. The molecular formula is C25H18BrIN2O6. The van der Waals surface area contributed by atoms with Gasteiger partial charge in [0, 0.05) is 4.47 Å². The van der Waals surface area contributed by atoms with Crippen LogP contribution in [0, 0.1) is 3.57 Å². The summed E-state index contributed by atoms with van der Waals surface area (Å²) in [5.74, 6) is -0.655. The molecule has 0 radical (unpaired) electrons. The molecule has 0 aliphatic carbocycles. The van der Waals surface area contributed by atoms with Gasteiger partial charge in [0.1, 0.15) is 17.9 Å². The molecule has 178 valence electrons. The maximum absolute atomic E-state index is 13.1. The molecule has 1 aliphatic rings. The number of hydrogen-bond donors (Lipinski definition) is 2. The number of nitrogens with one attached hydrogen (secondary N) is 1. The SMILES string of the molecule is COc1cc(/C=C2\C(=O)NC(=O)N(c3ccc(O)cc3)C2=O)cc(I)c1OCc1ccc(Br)cc1. The van der Waals surface area contributed by atoms with E-state index in [9.17, 15) is 19.5 Å². The number of imide groups is 2. The number of methoxy groups -OCH3 is 1. The molecule has 2 N–H and O–H groups in total. The van der Waals surface area contributed by atoms with Crippen LogP contribution in [0.25, 0.3) is 6.08 Å². The number of aromatic hydroxyl groups is 1. The third-order valence-electron chi connectivity index (χ3n) is 5.07. The molecule has 0 atom stereocenters. The Morgan fingerprint density at radius 1 is 1.06 bits per heavy atom. The van der Waals surface area contributed by atoms with Crippen molar-refractivity contribution in [2.24, 2.45) is 0 Å². The van der Waals surface area contributed by atoms with Crippen molar-refractivity contribution in [1.82, 2.24) is 5.32 Å². The van der Waals surface area contributed by atoms with E-state index >= 15 is 0 Å². The number of anilines is 1. The number of rotatable bonds is 6. The zero-order valence-corrected chi connectivity index (χ0v) is 22.0. The molecule has 1 aliphatic heterocycles. The lowest BCUT2D eigenvalue weighted by atomic mass is 10.1. The van der Waals surface area contributed by atoms with Gasteiger partial charge < -0.3 is 14.6 Å². The lowest BCUT2D eigenvalue weighted by Gasteiger charge is -2.26. The van der Waals surface area contributed by atoms with Crippen LogP contribution in [0.1, 0.15) is 11.1 Å². The number of barbiturate groups is 1. The number of hydrogen-bond acceptors (Lipinski definition) is 6. The summed E-state index contributed by atoms with van der Waals surface area (Å²) in [5, 5.41) is 11.7. The van der Waals surface area contributed by atoms with Gasteiger partial charge in [-0.05, 0) is 88.3 Å². The number of nitrogens with zero attached hydrogens (tertiary/aromatic N) is 1. The summed E-state index contributed by atoms with van der Waals surface area (Å²) in [4.78, 5) is 38.8. The third-order valence-corrected chi connectivity index (χ3v) is 6.40. The number of carbonyl (C=O) groups excluding carboxylic acids is 3. The fourth-order valence-electron chi connectivity index (χ4n) is 3.36. The van der Waals surface area contributed by atoms with Crippen LogP contribution < -0.4 is 19.7 Å². The van der Waals surface area contributed by atoms with Gasteiger partial charge >= 0.3 is 6.03 Å². The van der Waals surface area contributed by atoms with E-state index in [2.05, 4.69) is 43.8 Å².